The van der Waals surface area contributed by atoms with Crippen LogP contribution in [-0.2, 0) is 4.79 Å². The summed E-state index contributed by atoms with van der Waals surface area (Å²) in [6, 6.07) is 0.133. The Morgan fingerprint density at radius 3 is 2.39 bits per heavy atom. The first kappa shape index (κ1) is 12.2. The van der Waals surface area contributed by atoms with Crippen LogP contribution in [0.4, 0.5) is 0 Å². The summed E-state index contributed by atoms with van der Waals surface area (Å²) in [5, 5.41) is 0. The average Bonchev–Trinajstić information content (AvgIpc) is 2.99. The second kappa shape index (κ2) is 4.69. The molecule has 4 atom stereocenters. The summed E-state index contributed by atoms with van der Waals surface area (Å²) in [7, 11) is 0. The van der Waals surface area contributed by atoms with Crippen molar-refractivity contribution in [2.75, 3.05) is 13.1 Å². The molecule has 0 spiro atoms. The third-order valence-corrected chi connectivity index (χ3v) is 5.45. The lowest BCUT2D eigenvalue weighted by Crippen LogP contribution is -2.49. The van der Waals surface area contributed by atoms with Crippen molar-refractivity contribution in [1.29, 1.82) is 0 Å². The summed E-state index contributed by atoms with van der Waals surface area (Å²) >= 11 is 0. The Labute approximate surface area is 109 Å². The third-order valence-electron chi connectivity index (χ3n) is 5.45. The molecule has 18 heavy (non-hydrogen) atoms. The molecule has 3 fully saturated rings. The molecule has 2 saturated carbocycles. The Hall–Kier alpha value is -0.830. The van der Waals surface area contributed by atoms with Gasteiger partial charge < -0.3 is 10.6 Å². The van der Waals surface area contributed by atoms with Crippen molar-refractivity contribution in [2.45, 2.75) is 38.1 Å². The highest BCUT2D eigenvalue weighted by Gasteiger charge is 2.50. The van der Waals surface area contributed by atoms with Crippen LogP contribution in [0.15, 0.2) is 12.7 Å². The van der Waals surface area contributed by atoms with E-state index in [2.05, 4.69) is 11.5 Å². The van der Waals surface area contributed by atoms with E-state index in [9.17, 15) is 4.79 Å². The third kappa shape index (κ3) is 1.89. The normalized spacial score (nSPS) is 40.2. The van der Waals surface area contributed by atoms with Crippen LogP contribution >= 0.6 is 0 Å². The van der Waals surface area contributed by atoms with Gasteiger partial charge in [0.25, 0.3) is 0 Å². The molecule has 0 aromatic rings. The first-order valence-corrected chi connectivity index (χ1v) is 7.37. The van der Waals surface area contributed by atoms with E-state index in [1.54, 1.807) is 0 Å². The van der Waals surface area contributed by atoms with Crippen molar-refractivity contribution in [2.24, 2.45) is 29.4 Å². The lowest BCUT2D eigenvalue weighted by Gasteiger charge is -2.36. The smallest absolute Gasteiger partial charge is 0.227 e. The average molecular weight is 248 g/mol. The molecule has 100 valence electrons. The number of rotatable bonds is 2. The van der Waals surface area contributed by atoms with Crippen LogP contribution in [0.5, 0.6) is 0 Å². The van der Waals surface area contributed by atoms with Gasteiger partial charge in [0.1, 0.15) is 0 Å². The van der Waals surface area contributed by atoms with Crippen LogP contribution < -0.4 is 5.73 Å². The number of nitrogens with zero attached hydrogens (tertiary/aromatic N) is 1. The highest BCUT2D eigenvalue weighted by atomic mass is 16.2. The number of hydrogen-bond donors (Lipinski definition) is 1. The van der Waals surface area contributed by atoms with Crippen LogP contribution in [-0.4, -0.2) is 29.9 Å². The zero-order chi connectivity index (χ0) is 12.7. The van der Waals surface area contributed by atoms with E-state index in [1.165, 1.54) is 19.3 Å². The molecule has 0 radical (unpaired) electrons. The quantitative estimate of drug-likeness (QED) is 0.757. The van der Waals surface area contributed by atoms with Gasteiger partial charge in [0, 0.05) is 19.1 Å². The Morgan fingerprint density at radius 1 is 1.17 bits per heavy atom. The van der Waals surface area contributed by atoms with Crippen molar-refractivity contribution in [3.63, 3.8) is 0 Å². The number of fused-ring (bicyclic) bond motifs is 2. The van der Waals surface area contributed by atoms with Crippen LogP contribution in [0.3, 0.4) is 0 Å². The van der Waals surface area contributed by atoms with E-state index < -0.39 is 0 Å². The number of nitrogens with two attached hydrogens (primary N) is 1. The summed E-state index contributed by atoms with van der Waals surface area (Å²) < 4.78 is 0. The molecule has 3 rings (SSSR count). The molecular formula is C15H24N2O. The molecule has 2 aliphatic carbocycles. The van der Waals surface area contributed by atoms with E-state index in [1.807, 2.05) is 6.08 Å². The SMILES string of the molecule is C=CC1CCN(C(=O)[C@H]2[C@H]3CC[C@@H](C3)[C@@H]2N)CC1. The van der Waals surface area contributed by atoms with Crippen molar-refractivity contribution in [1.82, 2.24) is 4.90 Å². The van der Waals surface area contributed by atoms with Crippen molar-refractivity contribution in [3.05, 3.63) is 12.7 Å². The van der Waals surface area contributed by atoms with Gasteiger partial charge in [-0.25, -0.2) is 0 Å². The van der Waals surface area contributed by atoms with Gasteiger partial charge in [-0.05, 0) is 49.9 Å². The maximum Gasteiger partial charge on any atom is 0.227 e. The molecular weight excluding hydrogens is 224 g/mol. The highest BCUT2D eigenvalue weighted by molar-refractivity contribution is 5.80. The molecule has 0 aromatic heterocycles. The Kier molecular flexibility index (Phi) is 3.18. The summed E-state index contributed by atoms with van der Waals surface area (Å²) in [6.07, 6.45) is 7.84. The topological polar surface area (TPSA) is 46.3 Å². The van der Waals surface area contributed by atoms with Crippen LogP contribution in [0.25, 0.3) is 0 Å². The Morgan fingerprint density at radius 2 is 1.83 bits per heavy atom. The maximum atomic E-state index is 12.6. The fraction of sp³-hybridized carbons (Fsp3) is 0.800. The summed E-state index contributed by atoms with van der Waals surface area (Å²) in [5.41, 5.74) is 6.26. The van der Waals surface area contributed by atoms with E-state index in [4.69, 9.17) is 5.73 Å². The number of carbonyl (C=O) groups excluding carboxylic acids is 1. The van der Waals surface area contributed by atoms with Gasteiger partial charge in [0.05, 0.1) is 5.92 Å². The zero-order valence-corrected chi connectivity index (χ0v) is 11.1. The second-order valence-electron chi connectivity index (χ2n) is 6.33. The summed E-state index contributed by atoms with van der Waals surface area (Å²) in [5.74, 6) is 2.27. The molecule has 3 heteroatoms. The summed E-state index contributed by atoms with van der Waals surface area (Å²) in [6.45, 7) is 5.65. The van der Waals surface area contributed by atoms with E-state index in [-0.39, 0.29) is 12.0 Å². The monoisotopic (exact) mass is 248 g/mol. The minimum absolute atomic E-state index is 0.129. The number of likely N-dealkylation sites (tertiary alicyclic amines) is 1. The molecule has 3 aliphatic rings. The second-order valence-corrected chi connectivity index (χ2v) is 6.33. The van der Waals surface area contributed by atoms with Crippen LogP contribution in [0.1, 0.15) is 32.1 Å². The standard InChI is InChI=1S/C15H24N2O/c1-2-10-5-7-17(8-6-10)15(18)13-11-3-4-12(9-11)14(13)16/h2,10-14H,1,3-9,16H2/t11-,12-,13-,14-/m0/s1. The van der Waals surface area contributed by atoms with Crippen LogP contribution in [0.2, 0.25) is 0 Å². The van der Waals surface area contributed by atoms with Crippen LogP contribution in [0, 0.1) is 23.7 Å². The largest absolute Gasteiger partial charge is 0.342 e. The van der Waals surface area contributed by atoms with Gasteiger partial charge in [0.15, 0.2) is 0 Å². The summed E-state index contributed by atoms with van der Waals surface area (Å²) in [4.78, 5) is 14.7. The molecule has 1 aliphatic heterocycles. The number of amides is 1. The Bertz CT molecular complexity index is 344. The van der Waals surface area contributed by atoms with Gasteiger partial charge in [-0.3, -0.25) is 4.79 Å². The Balaban J connectivity index is 1.63. The van der Waals surface area contributed by atoms with E-state index >= 15 is 0 Å². The molecule has 1 heterocycles. The first-order chi connectivity index (χ1) is 8.70. The highest BCUT2D eigenvalue weighted by Crippen LogP contribution is 2.48. The first-order valence-electron chi connectivity index (χ1n) is 7.37. The fourth-order valence-electron chi connectivity index (χ4n) is 4.27. The molecule has 0 unspecified atom stereocenters. The molecule has 0 aromatic carbocycles. The molecule has 3 nitrogen and oxygen atoms in total. The van der Waals surface area contributed by atoms with Gasteiger partial charge in [-0.2, -0.15) is 0 Å². The van der Waals surface area contributed by atoms with Gasteiger partial charge >= 0.3 is 0 Å². The zero-order valence-electron chi connectivity index (χ0n) is 11.1. The predicted molar refractivity (Wildman–Crippen MR) is 71.8 cm³/mol. The minimum atomic E-state index is 0.129. The number of piperidine rings is 1. The van der Waals surface area contributed by atoms with E-state index in [0.717, 1.165) is 25.9 Å². The van der Waals surface area contributed by atoms with Crippen molar-refractivity contribution >= 4 is 5.91 Å². The van der Waals surface area contributed by atoms with Crippen molar-refractivity contribution in [3.8, 4) is 0 Å². The lowest BCUT2D eigenvalue weighted by molar-refractivity contribution is -0.139. The van der Waals surface area contributed by atoms with Gasteiger partial charge in [-0.1, -0.05) is 6.08 Å². The number of allylic oxidation sites excluding steroid dienone is 1. The number of carbonyl (C=O) groups is 1. The number of hydrogen-bond acceptors (Lipinski definition) is 2. The van der Waals surface area contributed by atoms with E-state index in [0.29, 0.717) is 23.7 Å². The van der Waals surface area contributed by atoms with Gasteiger partial charge in [-0.15, -0.1) is 6.58 Å². The fourth-order valence-corrected chi connectivity index (χ4v) is 4.27. The maximum absolute atomic E-state index is 12.6. The lowest BCUT2D eigenvalue weighted by atomic mass is 9.83. The minimum Gasteiger partial charge on any atom is -0.342 e. The predicted octanol–water partition coefficient (Wildman–Crippen LogP) is 1.78. The van der Waals surface area contributed by atoms with Gasteiger partial charge in [0.2, 0.25) is 5.91 Å². The molecule has 2 bridgehead atoms. The van der Waals surface area contributed by atoms with Crippen molar-refractivity contribution < 1.29 is 4.79 Å². The molecule has 1 saturated heterocycles. The molecule has 1 amide bonds. The molecule has 2 N–H and O–H groups in total.